The van der Waals surface area contributed by atoms with Gasteiger partial charge >= 0.3 is 17.9 Å². The number of benzene rings is 2. The Kier molecular flexibility index (Phi) is 20.1. The smallest absolute Gasteiger partial charge is 0.338 e. The summed E-state index contributed by atoms with van der Waals surface area (Å²) in [5, 5.41) is 0. The summed E-state index contributed by atoms with van der Waals surface area (Å²) in [6.45, 7) is 19.9. The van der Waals surface area contributed by atoms with E-state index in [1.54, 1.807) is 48.5 Å². The molecule has 3 heterocycles. The monoisotopic (exact) mass is 879 g/mol. The van der Waals surface area contributed by atoms with E-state index in [2.05, 4.69) is 41.2 Å². The van der Waals surface area contributed by atoms with Crippen LogP contribution in [0.1, 0.15) is 134 Å². The highest BCUT2D eigenvalue weighted by Gasteiger charge is 2.53. The predicted octanol–water partition coefficient (Wildman–Crippen LogP) is 9.88. The molecule has 350 valence electrons. The van der Waals surface area contributed by atoms with Crippen molar-refractivity contribution in [1.29, 1.82) is 0 Å². The maximum absolute atomic E-state index is 13.6. The van der Waals surface area contributed by atoms with Gasteiger partial charge in [0.15, 0.2) is 37.2 Å². The van der Waals surface area contributed by atoms with Crippen molar-refractivity contribution in [3.8, 4) is 0 Å². The van der Waals surface area contributed by atoms with Gasteiger partial charge in [0, 0.05) is 31.3 Å². The SMILES string of the molecule is C=CCCCCCCCCOC1OC(COC2OC(CC)C(C)C(C)C2OC(=O)c2ccccc2)C(C)C(OC2OC(CC)C(C)C(C)C2OC(=O)c2ccccc2)C1OC(C)=O. The lowest BCUT2D eigenvalue weighted by Gasteiger charge is -2.49. The Morgan fingerprint density at radius 3 is 1.56 bits per heavy atom. The van der Waals surface area contributed by atoms with Crippen LogP contribution in [0.25, 0.3) is 0 Å². The summed E-state index contributed by atoms with van der Waals surface area (Å²) in [5.41, 5.74) is 0.856. The highest BCUT2D eigenvalue weighted by atomic mass is 16.8. The summed E-state index contributed by atoms with van der Waals surface area (Å²) in [4.78, 5) is 39.9. The van der Waals surface area contributed by atoms with Crippen LogP contribution in [0, 0.1) is 29.6 Å². The molecule has 63 heavy (non-hydrogen) atoms. The third kappa shape index (κ3) is 13.7. The van der Waals surface area contributed by atoms with Crippen LogP contribution in [-0.4, -0.2) is 92.7 Å². The highest BCUT2D eigenvalue weighted by Crippen LogP contribution is 2.40. The second-order valence-corrected chi connectivity index (χ2v) is 17.8. The molecule has 0 aliphatic carbocycles. The Bertz CT molecular complexity index is 1690. The number of hydrogen-bond acceptors (Lipinski definition) is 12. The minimum absolute atomic E-state index is 0.0168. The van der Waals surface area contributed by atoms with E-state index >= 15 is 0 Å². The van der Waals surface area contributed by atoms with Crippen LogP contribution in [0.5, 0.6) is 0 Å². The zero-order chi connectivity index (χ0) is 45.5. The molecule has 0 bridgehead atoms. The van der Waals surface area contributed by atoms with Crippen molar-refractivity contribution < 1.29 is 57.0 Å². The molecule has 0 radical (unpaired) electrons. The molecule has 3 aliphatic heterocycles. The van der Waals surface area contributed by atoms with Gasteiger partial charge in [0.2, 0.25) is 0 Å². The van der Waals surface area contributed by atoms with Gasteiger partial charge in [0.05, 0.1) is 36.0 Å². The molecule has 0 saturated carbocycles. The molecule has 15 unspecified atom stereocenters. The Morgan fingerprint density at radius 2 is 1.03 bits per heavy atom. The fourth-order valence-electron chi connectivity index (χ4n) is 9.08. The van der Waals surface area contributed by atoms with Gasteiger partial charge in [0.1, 0.15) is 6.10 Å². The first-order valence-corrected chi connectivity index (χ1v) is 23.5. The summed E-state index contributed by atoms with van der Waals surface area (Å²) in [5.74, 6) is -2.01. The lowest BCUT2D eigenvalue weighted by atomic mass is 9.82. The number of rotatable bonds is 22. The molecule has 0 aromatic heterocycles. The predicted molar refractivity (Wildman–Crippen MR) is 239 cm³/mol. The lowest BCUT2D eigenvalue weighted by Crippen LogP contribution is -2.61. The maximum Gasteiger partial charge on any atom is 0.338 e. The number of hydrogen-bond donors (Lipinski definition) is 0. The zero-order valence-electron chi connectivity index (χ0n) is 38.9. The number of carbonyl (C=O) groups is 3. The average molecular weight is 879 g/mol. The topological polar surface area (TPSA) is 134 Å². The first-order valence-electron chi connectivity index (χ1n) is 23.5. The molecular formula is C51H74O12. The van der Waals surface area contributed by atoms with Crippen molar-refractivity contribution in [2.45, 2.75) is 175 Å². The second-order valence-electron chi connectivity index (χ2n) is 17.8. The summed E-state index contributed by atoms with van der Waals surface area (Å²) in [7, 11) is 0. The zero-order valence-corrected chi connectivity index (χ0v) is 38.9. The van der Waals surface area contributed by atoms with Gasteiger partial charge < -0.3 is 42.6 Å². The van der Waals surface area contributed by atoms with E-state index in [0.29, 0.717) is 24.2 Å². The van der Waals surface area contributed by atoms with Gasteiger partial charge in [-0.2, -0.15) is 0 Å². The third-order valence-electron chi connectivity index (χ3n) is 13.4. The molecule has 12 nitrogen and oxygen atoms in total. The van der Waals surface area contributed by atoms with E-state index in [-0.39, 0.29) is 42.5 Å². The van der Waals surface area contributed by atoms with Gasteiger partial charge in [0.25, 0.3) is 0 Å². The third-order valence-corrected chi connectivity index (χ3v) is 13.4. The van der Waals surface area contributed by atoms with Crippen molar-refractivity contribution in [2.24, 2.45) is 29.6 Å². The Morgan fingerprint density at radius 1 is 0.556 bits per heavy atom. The fourth-order valence-corrected chi connectivity index (χ4v) is 9.08. The molecule has 2 aromatic carbocycles. The van der Waals surface area contributed by atoms with Crippen LogP contribution in [0.3, 0.4) is 0 Å². The number of unbranched alkanes of at least 4 members (excludes halogenated alkanes) is 6. The van der Waals surface area contributed by atoms with Crippen LogP contribution in [0.4, 0.5) is 0 Å². The van der Waals surface area contributed by atoms with Crippen molar-refractivity contribution in [3.05, 3.63) is 84.4 Å². The largest absolute Gasteiger partial charge is 0.454 e. The fraction of sp³-hybridized carbons (Fsp3) is 0.667. The first-order chi connectivity index (χ1) is 30.4. The van der Waals surface area contributed by atoms with Gasteiger partial charge in [-0.1, -0.05) is 117 Å². The quantitative estimate of drug-likeness (QED) is 0.0482. The Hall–Kier alpha value is -3.65. The molecular weight excluding hydrogens is 805 g/mol. The Labute approximate surface area is 376 Å². The van der Waals surface area contributed by atoms with Crippen LogP contribution in [0.2, 0.25) is 0 Å². The second kappa shape index (κ2) is 25.2. The van der Waals surface area contributed by atoms with Crippen LogP contribution in [0.15, 0.2) is 73.3 Å². The minimum Gasteiger partial charge on any atom is -0.454 e. The molecule has 12 heteroatoms. The summed E-state index contributed by atoms with van der Waals surface area (Å²) >= 11 is 0. The standard InChI is InChI=1S/C51H74O12/c1-10-13-14-15-16-17-18-25-30-55-50-46(57-37(9)52)43(63-51-45(35(7)33(5)41(12-3)59-51)62-48(54)39-28-23-20-24-29-39)36(8)42(60-50)31-56-49-44(34(6)32(4)40(11-2)58-49)61-47(53)38-26-21-19-22-27-38/h10,19-24,26-29,32-36,40-46,49-51H,1,11-18,25,30-31H2,2-9H3. The van der Waals surface area contributed by atoms with Crippen molar-refractivity contribution >= 4 is 17.9 Å². The van der Waals surface area contributed by atoms with Crippen molar-refractivity contribution in [2.75, 3.05) is 13.2 Å². The normalized spacial score (nSPS) is 33.2. The minimum atomic E-state index is -1.02. The first kappa shape index (κ1) is 50.4. The molecule has 2 aromatic rings. The molecule has 3 fully saturated rings. The Balaban J connectivity index is 1.41. The van der Waals surface area contributed by atoms with Crippen LogP contribution >= 0.6 is 0 Å². The number of carbonyl (C=O) groups excluding carboxylic acids is 3. The lowest BCUT2D eigenvalue weighted by molar-refractivity contribution is -0.349. The molecule has 0 N–H and O–H groups in total. The van der Waals surface area contributed by atoms with Gasteiger partial charge in [-0.25, -0.2) is 9.59 Å². The van der Waals surface area contributed by atoms with Crippen LogP contribution < -0.4 is 0 Å². The summed E-state index contributed by atoms with van der Waals surface area (Å²) in [6, 6.07) is 17.7. The van der Waals surface area contributed by atoms with E-state index < -0.39 is 73.2 Å². The van der Waals surface area contributed by atoms with Gasteiger partial charge in [-0.3, -0.25) is 4.79 Å². The summed E-state index contributed by atoms with van der Waals surface area (Å²) in [6.07, 6.45) is 3.48. The molecule has 0 spiro atoms. The number of ether oxygens (including phenoxy) is 9. The van der Waals surface area contributed by atoms with Crippen LogP contribution in [-0.2, 0) is 47.4 Å². The van der Waals surface area contributed by atoms with E-state index in [9.17, 15) is 14.4 Å². The van der Waals surface area contributed by atoms with Crippen molar-refractivity contribution in [3.63, 3.8) is 0 Å². The van der Waals surface area contributed by atoms with Gasteiger partial charge in [-0.05, 0) is 68.2 Å². The van der Waals surface area contributed by atoms with E-state index in [1.165, 1.54) is 6.92 Å². The molecule has 15 atom stereocenters. The molecule has 0 amide bonds. The summed E-state index contributed by atoms with van der Waals surface area (Å²) < 4.78 is 58.5. The molecule has 5 rings (SSSR count). The van der Waals surface area contributed by atoms with E-state index in [4.69, 9.17) is 42.6 Å². The van der Waals surface area contributed by atoms with Gasteiger partial charge in [-0.15, -0.1) is 6.58 Å². The number of allylic oxidation sites excluding steroid dienone is 1. The maximum atomic E-state index is 13.6. The van der Waals surface area contributed by atoms with E-state index in [1.807, 2.05) is 32.1 Å². The molecule has 3 aliphatic rings. The number of esters is 3. The average Bonchev–Trinajstić information content (AvgIpc) is 3.29. The molecule has 3 saturated heterocycles. The highest BCUT2D eigenvalue weighted by molar-refractivity contribution is 5.90. The van der Waals surface area contributed by atoms with Crippen molar-refractivity contribution in [1.82, 2.24) is 0 Å². The van der Waals surface area contributed by atoms with E-state index in [0.717, 1.165) is 51.4 Å².